The minimum Gasteiger partial charge on any atom is -0.495 e. The Morgan fingerprint density at radius 2 is 2.19 bits per heavy atom. The van der Waals surface area contributed by atoms with Crippen molar-refractivity contribution in [3.8, 4) is 5.75 Å². The summed E-state index contributed by atoms with van der Waals surface area (Å²) in [5.74, 6) is 2.49. The largest absolute Gasteiger partial charge is 0.495 e. The van der Waals surface area contributed by atoms with Crippen LogP contribution in [0.4, 0.5) is 11.4 Å². The molecule has 1 amide bonds. The number of benzene rings is 1. The number of carbonyl (C=O) groups excluding carboxylic acids is 1. The van der Waals surface area contributed by atoms with Gasteiger partial charge in [-0.2, -0.15) is 0 Å². The van der Waals surface area contributed by atoms with Crippen molar-refractivity contribution in [1.29, 1.82) is 0 Å². The Morgan fingerprint density at radius 3 is 2.86 bits per heavy atom. The first-order valence-electron chi connectivity index (χ1n) is 7.46. The lowest BCUT2D eigenvalue weighted by Gasteiger charge is -2.16. The number of hydrogen-bond acceptors (Lipinski definition) is 4. The Hall–Kier alpha value is -1.36. The molecule has 1 aromatic carbocycles. The van der Waals surface area contributed by atoms with Crippen molar-refractivity contribution >= 4 is 29.0 Å². The minimum absolute atomic E-state index is 0.00176. The van der Waals surface area contributed by atoms with Gasteiger partial charge in [0.1, 0.15) is 5.75 Å². The molecular weight excluding hydrogens is 284 g/mol. The van der Waals surface area contributed by atoms with Crippen LogP contribution in [-0.2, 0) is 4.79 Å². The number of nitrogen functional groups attached to an aromatic ring is 1. The number of rotatable bonds is 6. The highest BCUT2D eigenvalue weighted by Crippen LogP contribution is 2.30. The van der Waals surface area contributed by atoms with Crippen LogP contribution < -0.4 is 15.8 Å². The van der Waals surface area contributed by atoms with Gasteiger partial charge >= 0.3 is 0 Å². The molecular formula is C16H24N2O2S. The molecule has 0 saturated heterocycles. The first kappa shape index (κ1) is 16.0. The predicted molar refractivity (Wildman–Crippen MR) is 89.9 cm³/mol. The summed E-state index contributed by atoms with van der Waals surface area (Å²) in [6.45, 7) is 1.95. The van der Waals surface area contributed by atoms with Gasteiger partial charge in [-0.1, -0.05) is 12.8 Å². The van der Waals surface area contributed by atoms with Gasteiger partial charge in [0.25, 0.3) is 0 Å². The van der Waals surface area contributed by atoms with Gasteiger partial charge in [0, 0.05) is 5.69 Å². The van der Waals surface area contributed by atoms with E-state index >= 15 is 0 Å². The summed E-state index contributed by atoms with van der Waals surface area (Å²) >= 11 is 1.73. The molecule has 0 radical (unpaired) electrons. The number of thioether (sulfide) groups is 1. The van der Waals surface area contributed by atoms with Gasteiger partial charge < -0.3 is 15.8 Å². The summed E-state index contributed by atoms with van der Waals surface area (Å²) in [6, 6.07) is 5.25. The molecule has 5 heteroatoms. The molecule has 1 aromatic rings. The molecule has 1 atom stereocenters. The predicted octanol–water partition coefficient (Wildman–Crippen LogP) is 3.53. The van der Waals surface area contributed by atoms with Crippen molar-refractivity contribution in [2.45, 2.75) is 37.9 Å². The van der Waals surface area contributed by atoms with Crippen molar-refractivity contribution in [3.05, 3.63) is 18.2 Å². The van der Waals surface area contributed by atoms with Gasteiger partial charge in [0.15, 0.2) is 0 Å². The first-order chi connectivity index (χ1) is 10.1. The zero-order valence-corrected chi connectivity index (χ0v) is 13.5. The molecule has 4 nitrogen and oxygen atoms in total. The number of methoxy groups -OCH3 is 1. The fourth-order valence-corrected chi connectivity index (χ4v) is 3.70. The summed E-state index contributed by atoms with van der Waals surface area (Å²) in [5, 5.41) is 2.84. The summed E-state index contributed by atoms with van der Waals surface area (Å²) in [7, 11) is 1.58. The number of hydrogen-bond donors (Lipinski definition) is 2. The summed E-state index contributed by atoms with van der Waals surface area (Å²) in [4.78, 5) is 12.3. The third kappa shape index (κ3) is 4.56. The Kier molecular flexibility index (Phi) is 5.79. The summed E-state index contributed by atoms with van der Waals surface area (Å²) in [6.07, 6.45) is 5.30. The lowest BCUT2D eigenvalue weighted by Crippen LogP contribution is -2.23. The van der Waals surface area contributed by atoms with Gasteiger partial charge in [-0.05, 0) is 49.6 Å². The van der Waals surface area contributed by atoms with Crippen LogP contribution in [0.15, 0.2) is 18.2 Å². The normalized spacial score (nSPS) is 16.7. The fourth-order valence-electron chi connectivity index (χ4n) is 2.59. The molecule has 3 N–H and O–H groups in total. The van der Waals surface area contributed by atoms with E-state index in [4.69, 9.17) is 10.5 Å². The van der Waals surface area contributed by atoms with Gasteiger partial charge in [0.2, 0.25) is 5.91 Å². The maximum atomic E-state index is 12.3. The van der Waals surface area contributed by atoms with E-state index < -0.39 is 0 Å². The second-order valence-corrected chi connectivity index (χ2v) is 6.95. The molecule has 0 heterocycles. The van der Waals surface area contributed by atoms with E-state index in [1.807, 2.05) is 6.92 Å². The maximum absolute atomic E-state index is 12.3. The van der Waals surface area contributed by atoms with Gasteiger partial charge in [-0.25, -0.2) is 0 Å². The molecule has 0 bridgehead atoms. The van der Waals surface area contributed by atoms with Crippen LogP contribution >= 0.6 is 11.8 Å². The van der Waals surface area contributed by atoms with Gasteiger partial charge in [0.05, 0.1) is 18.0 Å². The molecule has 1 aliphatic carbocycles. The van der Waals surface area contributed by atoms with Crippen molar-refractivity contribution in [2.75, 3.05) is 23.9 Å². The zero-order chi connectivity index (χ0) is 15.2. The second kappa shape index (κ2) is 7.59. The monoisotopic (exact) mass is 308 g/mol. The van der Waals surface area contributed by atoms with E-state index in [0.29, 0.717) is 17.1 Å². The van der Waals surface area contributed by atoms with Crippen LogP contribution in [0.3, 0.4) is 0 Å². The first-order valence-corrected chi connectivity index (χ1v) is 8.51. The molecule has 1 fully saturated rings. The van der Waals surface area contributed by atoms with E-state index in [2.05, 4.69) is 5.32 Å². The van der Waals surface area contributed by atoms with E-state index in [1.165, 1.54) is 25.7 Å². The minimum atomic E-state index is -0.0725. The fraction of sp³-hybridized carbons (Fsp3) is 0.562. The highest BCUT2D eigenvalue weighted by molar-refractivity contribution is 8.00. The van der Waals surface area contributed by atoms with Crippen LogP contribution in [-0.4, -0.2) is 24.0 Å². The van der Waals surface area contributed by atoms with E-state index in [9.17, 15) is 4.79 Å². The van der Waals surface area contributed by atoms with Crippen molar-refractivity contribution in [3.63, 3.8) is 0 Å². The molecule has 0 aliphatic heterocycles. The number of nitrogens with one attached hydrogen (secondary N) is 1. The number of nitrogens with two attached hydrogens (primary N) is 1. The molecule has 0 aromatic heterocycles. The second-order valence-electron chi connectivity index (χ2n) is 5.58. The Labute approximate surface area is 130 Å². The highest BCUT2D eigenvalue weighted by Gasteiger charge is 2.20. The Morgan fingerprint density at radius 1 is 1.48 bits per heavy atom. The smallest absolute Gasteiger partial charge is 0.237 e. The molecule has 21 heavy (non-hydrogen) atoms. The molecule has 2 rings (SSSR count). The van der Waals surface area contributed by atoms with Crippen LogP contribution in [0.2, 0.25) is 0 Å². The standard InChI is InChI=1S/C16H24N2O2S/c1-11(21-10-12-5-3-4-6-12)16(19)18-14-9-13(17)7-8-15(14)20-2/h7-9,11-12H,3-6,10,17H2,1-2H3,(H,18,19). The Bertz CT molecular complexity index is 487. The van der Waals surface area contributed by atoms with Crippen LogP contribution in [0.25, 0.3) is 0 Å². The number of anilines is 2. The molecule has 0 spiro atoms. The van der Waals surface area contributed by atoms with Crippen molar-refractivity contribution in [1.82, 2.24) is 0 Å². The SMILES string of the molecule is COc1ccc(N)cc1NC(=O)C(C)SCC1CCCC1. The van der Waals surface area contributed by atoms with Gasteiger partial charge in [-0.3, -0.25) is 4.79 Å². The van der Waals surface area contributed by atoms with Crippen molar-refractivity contribution < 1.29 is 9.53 Å². The average molecular weight is 308 g/mol. The molecule has 116 valence electrons. The third-order valence-corrected chi connectivity index (χ3v) is 5.29. The van der Waals surface area contributed by atoms with E-state index in [-0.39, 0.29) is 11.2 Å². The van der Waals surface area contributed by atoms with E-state index in [1.54, 1.807) is 37.1 Å². The topological polar surface area (TPSA) is 64.3 Å². The van der Waals surface area contributed by atoms with Gasteiger partial charge in [-0.15, -0.1) is 11.8 Å². The van der Waals surface area contributed by atoms with Crippen LogP contribution in [0.1, 0.15) is 32.6 Å². The Balaban J connectivity index is 1.89. The lowest BCUT2D eigenvalue weighted by atomic mass is 10.1. The molecule has 1 unspecified atom stereocenters. The zero-order valence-electron chi connectivity index (χ0n) is 12.7. The van der Waals surface area contributed by atoms with E-state index in [0.717, 1.165) is 11.7 Å². The lowest BCUT2D eigenvalue weighted by molar-refractivity contribution is -0.115. The van der Waals surface area contributed by atoms with Crippen LogP contribution in [0.5, 0.6) is 5.75 Å². The molecule has 1 saturated carbocycles. The summed E-state index contributed by atoms with van der Waals surface area (Å²) < 4.78 is 5.25. The third-order valence-electron chi connectivity index (χ3n) is 3.91. The number of amides is 1. The number of ether oxygens (including phenoxy) is 1. The average Bonchev–Trinajstić information content (AvgIpc) is 2.98. The number of carbonyl (C=O) groups is 1. The maximum Gasteiger partial charge on any atom is 0.237 e. The highest BCUT2D eigenvalue weighted by atomic mass is 32.2. The molecule has 1 aliphatic rings. The van der Waals surface area contributed by atoms with Crippen molar-refractivity contribution in [2.24, 2.45) is 5.92 Å². The van der Waals surface area contributed by atoms with Crippen LogP contribution in [0, 0.1) is 5.92 Å². The summed E-state index contributed by atoms with van der Waals surface area (Å²) in [5.41, 5.74) is 7.01. The quantitative estimate of drug-likeness (QED) is 0.789.